The first-order valence-corrected chi connectivity index (χ1v) is 7.22. The molecular formula is C15H20Cl2O. The molecule has 0 amide bonds. The van der Waals surface area contributed by atoms with Crippen LogP contribution in [0.1, 0.15) is 45.1 Å². The molecule has 1 fully saturated rings. The second-order valence-electron chi connectivity index (χ2n) is 6.33. The molecule has 1 aromatic rings. The molecule has 1 unspecified atom stereocenters. The van der Waals surface area contributed by atoms with E-state index in [1.165, 1.54) is 6.42 Å². The maximum Gasteiger partial charge on any atom is 0.0693 e. The van der Waals surface area contributed by atoms with Crippen molar-refractivity contribution in [2.24, 2.45) is 5.41 Å². The molecule has 1 N–H and O–H groups in total. The van der Waals surface area contributed by atoms with Gasteiger partial charge in [-0.25, -0.2) is 0 Å². The number of benzene rings is 1. The first-order chi connectivity index (χ1) is 8.30. The molecule has 1 aliphatic rings. The van der Waals surface area contributed by atoms with E-state index in [1.54, 1.807) is 12.1 Å². The molecule has 0 spiro atoms. The van der Waals surface area contributed by atoms with Gasteiger partial charge >= 0.3 is 0 Å². The van der Waals surface area contributed by atoms with Crippen LogP contribution < -0.4 is 0 Å². The Bertz CT molecular complexity index is 442. The van der Waals surface area contributed by atoms with E-state index >= 15 is 0 Å². The molecule has 2 rings (SSSR count). The first-order valence-electron chi connectivity index (χ1n) is 6.46. The highest BCUT2D eigenvalue weighted by Crippen LogP contribution is 2.43. The third-order valence-electron chi connectivity index (χ3n) is 3.83. The van der Waals surface area contributed by atoms with Crippen LogP contribution in [-0.2, 0) is 6.42 Å². The van der Waals surface area contributed by atoms with Crippen LogP contribution in [0, 0.1) is 5.41 Å². The Labute approximate surface area is 119 Å². The zero-order chi connectivity index (χ0) is 13.4. The van der Waals surface area contributed by atoms with Crippen LogP contribution >= 0.6 is 23.2 Å². The molecule has 1 saturated carbocycles. The van der Waals surface area contributed by atoms with Gasteiger partial charge in [0.15, 0.2) is 0 Å². The molecule has 0 saturated heterocycles. The normalized spacial score (nSPS) is 27.2. The van der Waals surface area contributed by atoms with E-state index < -0.39 is 5.60 Å². The van der Waals surface area contributed by atoms with Crippen molar-refractivity contribution in [3.05, 3.63) is 33.8 Å². The number of halogens is 2. The van der Waals surface area contributed by atoms with Gasteiger partial charge in [-0.1, -0.05) is 43.5 Å². The topological polar surface area (TPSA) is 20.2 Å². The maximum atomic E-state index is 10.8. The third kappa shape index (κ3) is 3.40. The second-order valence-corrected chi connectivity index (χ2v) is 7.18. The molecule has 1 aliphatic carbocycles. The van der Waals surface area contributed by atoms with Crippen molar-refractivity contribution < 1.29 is 5.11 Å². The minimum Gasteiger partial charge on any atom is -0.390 e. The SMILES string of the molecule is CC1(C)CCCC(O)(Cc2cc(Cl)ccc2Cl)C1. The van der Waals surface area contributed by atoms with Crippen molar-refractivity contribution in [2.75, 3.05) is 0 Å². The lowest BCUT2D eigenvalue weighted by Crippen LogP contribution is -2.40. The predicted octanol–water partition coefficient (Wildman–Crippen LogP) is 4.87. The van der Waals surface area contributed by atoms with Crippen LogP contribution in [0.3, 0.4) is 0 Å². The lowest BCUT2D eigenvalue weighted by Gasteiger charge is -2.41. The molecule has 0 aliphatic heterocycles. The van der Waals surface area contributed by atoms with E-state index in [0.717, 1.165) is 24.8 Å². The fourth-order valence-electron chi connectivity index (χ4n) is 3.15. The summed E-state index contributed by atoms with van der Waals surface area (Å²) in [6.07, 6.45) is 4.51. The van der Waals surface area contributed by atoms with Gasteiger partial charge in [0, 0.05) is 16.5 Å². The summed E-state index contributed by atoms with van der Waals surface area (Å²) in [7, 11) is 0. The summed E-state index contributed by atoms with van der Waals surface area (Å²) in [5, 5.41) is 12.1. The van der Waals surface area contributed by atoms with Crippen LogP contribution in [0.4, 0.5) is 0 Å². The van der Waals surface area contributed by atoms with Crippen LogP contribution in [0.2, 0.25) is 10.0 Å². The van der Waals surface area contributed by atoms with Crippen molar-refractivity contribution in [3.8, 4) is 0 Å². The number of aliphatic hydroxyl groups is 1. The Morgan fingerprint density at radius 2 is 1.94 bits per heavy atom. The predicted molar refractivity (Wildman–Crippen MR) is 77.4 cm³/mol. The molecule has 1 aromatic carbocycles. The molecule has 0 radical (unpaired) electrons. The van der Waals surface area contributed by atoms with Crippen LogP contribution in [-0.4, -0.2) is 10.7 Å². The van der Waals surface area contributed by atoms with Gasteiger partial charge in [-0.2, -0.15) is 0 Å². The molecule has 0 heterocycles. The molecule has 0 aromatic heterocycles. The zero-order valence-electron chi connectivity index (χ0n) is 11.0. The maximum absolute atomic E-state index is 10.8. The second kappa shape index (κ2) is 5.03. The van der Waals surface area contributed by atoms with E-state index in [9.17, 15) is 5.11 Å². The molecule has 3 heteroatoms. The fraction of sp³-hybridized carbons (Fsp3) is 0.600. The largest absolute Gasteiger partial charge is 0.390 e. The van der Waals surface area contributed by atoms with Crippen molar-refractivity contribution in [3.63, 3.8) is 0 Å². The number of rotatable bonds is 2. The van der Waals surface area contributed by atoms with Gasteiger partial charge in [0.25, 0.3) is 0 Å². The fourth-order valence-corrected chi connectivity index (χ4v) is 3.53. The van der Waals surface area contributed by atoms with E-state index in [4.69, 9.17) is 23.2 Å². The van der Waals surface area contributed by atoms with E-state index in [-0.39, 0.29) is 5.41 Å². The first kappa shape index (κ1) is 14.2. The Kier molecular flexibility index (Phi) is 3.96. The van der Waals surface area contributed by atoms with Crippen LogP contribution in [0.5, 0.6) is 0 Å². The van der Waals surface area contributed by atoms with Crippen molar-refractivity contribution >= 4 is 23.2 Å². The average Bonchev–Trinajstić information content (AvgIpc) is 2.21. The minimum atomic E-state index is -0.643. The van der Waals surface area contributed by atoms with E-state index in [1.807, 2.05) is 6.07 Å². The highest BCUT2D eigenvalue weighted by Gasteiger charge is 2.38. The highest BCUT2D eigenvalue weighted by molar-refractivity contribution is 6.33. The van der Waals surface area contributed by atoms with Crippen LogP contribution in [0.15, 0.2) is 18.2 Å². The Hall–Kier alpha value is -0.240. The summed E-state index contributed by atoms with van der Waals surface area (Å²) in [5.41, 5.74) is 0.512. The van der Waals surface area contributed by atoms with Crippen molar-refractivity contribution in [1.29, 1.82) is 0 Å². The van der Waals surface area contributed by atoms with Gasteiger partial charge in [0.05, 0.1) is 5.60 Å². The smallest absolute Gasteiger partial charge is 0.0693 e. The van der Waals surface area contributed by atoms with Crippen molar-refractivity contribution in [2.45, 2.75) is 51.6 Å². The Morgan fingerprint density at radius 3 is 2.61 bits per heavy atom. The Morgan fingerprint density at radius 1 is 1.22 bits per heavy atom. The number of hydrogen-bond donors (Lipinski definition) is 1. The molecule has 1 nitrogen and oxygen atoms in total. The zero-order valence-corrected chi connectivity index (χ0v) is 12.5. The molecular weight excluding hydrogens is 267 g/mol. The summed E-state index contributed by atoms with van der Waals surface area (Å²) in [6, 6.07) is 5.45. The Balaban J connectivity index is 2.19. The van der Waals surface area contributed by atoms with Crippen molar-refractivity contribution in [1.82, 2.24) is 0 Å². The van der Waals surface area contributed by atoms with Gasteiger partial charge in [0.2, 0.25) is 0 Å². The average molecular weight is 287 g/mol. The molecule has 18 heavy (non-hydrogen) atoms. The summed E-state index contributed by atoms with van der Waals surface area (Å²) >= 11 is 12.2. The summed E-state index contributed by atoms with van der Waals surface area (Å²) in [5.74, 6) is 0. The van der Waals surface area contributed by atoms with Gasteiger partial charge in [0.1, 0.15) is 0 Å². The van der Waals surface area contributed by atoms with Crippen LogP contribution in [0.25, 0.3) is 0 Å². The molecule has 0 bridgehead atoms. The lowest BCUT2D eigenvalue weighted by atomic mass is 9.68. The summed E-state index contributed by atoms with van der Waals surface area (Å²) in [6.45, 7) is 4.44. The van der Waals surface area contributed by atoms with Gasteiger partial charge < -0.3 is 5.11 Å². The van der Waals surface area contributed by atoms with Gasteiger partial charge in [-0.05, 0) is 48.4 Å². The van der Waals surface area contributed by atoms with Gasteiger partial charge in [-0.3, -0.25) is 0 Å². The minimum absolute atomic E-state index is 0.206. The van der Waals surface area contributed by atoms with Gasteiger partial charge in [-0.15, -0.1) is 0 Å². The standard InChI is InChI=1S/C15H20Cl2O/c1-14(2)6-3-7-15(18,10-14)9-11-8-12(16)4-5-13(11)17/h4-5,8,18H,3,6-7,9-10H2,1-2H3. The molecule has 100 valence electrons. The quantitative estimate of drug-likeness (QED) is 0.823. The highest BCUT2D eigenvalue weighted by atomic mass is 35.5. The third-order valence-corrected chi connectivity index (χ3v) is 4.43. The lowest BCUT2D eigenvalue weighted by molar-refractivity contribution is -0.0381. The monoisotopic (exact) mass is 286 g/mol. The summed E-state index contributed by atoms with van der Waals surface area (Å²) < 4.78 is 0. The molecule has 1 atom stereocenters. The number of hydrogen-bond acceptors (Lipinski definition) is 1. The van der Waals surface area contributed by atoms with E-state index in [2.05, 4.69) is 13.8 Å². The van der Waals surface area contributed by atoms with E-state index in [0.29, 0.717) is 16.5 Å². The summed E-state index contributed by atoms with van der Waals surface area (Å²) in [4.78, 5) is 0.